The molecule has 1 atom stereocenters. The predicted octanol–water partition coefficient (Wildman–Crippen LogP) is 5.26. The van der Waals surface area contributed by atoms with Gasteiger partial charge in [-0.15, -0.1) is 0 Å². The monoisotopic (exact) mass is 261 g/mol. The van der Waals surface area contributed by atoms with E-state index in [1.54, 1.807) is 0 Å². The van der Waals surface area contributed by atoms with Gasteiger partial charge in [0.15, 0.2) is 0 Å². The minimum Gasteiger partial charge on any atom is -0.310 e. The van der Waals surface area contributed by atoms with Crippen molar-refractivity contribution in [2.24, 2.45) is 0 Å². The summed E-state index contributed by atoms with van der Waals surface area (Å²) in [5.74, 6) is 0. The number of benzene rings is 1. The van der Waals surface area contributed by atoms with Crippen LogP contribution in [0.15, 0.2) is 24.3 Å². The van der Waals surface area contributed by atoms with Gasteiger partial charge in [-0.2, -0.15) is 0 Å². The van der Waals surface area contributed by atoms with Crippen molar-refractivity contribution in [2.75, 3.05) is 6.54 Å². The number of unbranched alkanes of at least 4 members (excludes halogenated alkanes) is 2. The summed E-state index contributed by atoms with van der Waals surface area (Å²) < 4.78 is 0. The van der Waals surface area contributed by atoms with Gasteiger partial charge >= 0.3 is 0 Å². The second-order valence-electron chi connectivity index (χ2n) is 5.50. The molecule has 19 heavy (non-hydrogen) atoms. The zero-order valence-corrected chi connectivity index (χ0v) is 13.0. The second-order valence-corrected chi connectivity index (χ2v) is 5.50. The number of rotatable bonds is 10. The smallest absolute Gasteiger partial charge is 0.0320 e. The molecule has 0 amide bonds. The molecule has 1 N–H and O–H groups in total. The van der Waals surface area contributed by atoms with Crippen molar-refractivity contribution in [3.63, 3.8) is 0 Å². The van der Waals surface area contributed by atoms with Gasteiger partial charge in [0.05, 0.1) is 0 Å². The maximum absolute atomic E-state index is 3.71. The number of hydrogen-bond acceptors (Lipinski definition) is 1. The first-order chi connectivity index (χ1) is 9.31. The molecule has 0 aliphatic rings. The van der Waals surface area contributed by atoms with Crippen molar-refractivity contribution in [1.29, 1.82) is 0 Å². The van der Waals surface area contributed by atoms with E-state index in [4.69, 9.17) is 0 Å². The quantitative estimate of drug-likeness (QED) is 0.566. The van der Waals surface area contributed by atoms with Crippen LogP contribution >= 0.6 is 0 Å². The van der Waals surface area contributed by atoms with Crippen molar-refractivity contribution >= 4 is 0 Å². The number of nitrogens with one attached hydrogen (secondary N) is 1. The van der Waals surface area contributed by atoms with E-state index in [1.807, 2.05) is 0 Å². The molecule has 1 heteroatoms. The SMILES string of the molecule is CCCCCC(NCCC)c1cccc(CCC)c1. The van der Waals surface area contributed by atoms with Crippen molar-refractivity contribution in [3.8, 4) is 0 Å². The van der Waals surface area contributed by atoms with Gasteiger partial charge in [0, 0.05) is 6.04 Å². The van der Waals surface area contributed by atoms with Gasteiger partial charge in [-0.3, -0.25) is 0 Å². The first kappa shape index (κ1) is 16.2. The lowest BCUT2D eigenvalue weighted by Crippen LogP contribution is -2.22. The highest BCUT2D eigenvalue weighted by Gasteiger charge is 2.10. The minimum absolute atomic E-state index is 0.545. The molecular weight excluding hydrogens is 230 g/mol. The van der Waals surface area contributed by atoms with Crippen molar-refractivity contribution in [2.45, 2.75) is 71.8 Å². The fraction of sp³-hybridized carbons (Fsp3) is 0.667. The van der Waals surface area contributed by atoms with Crippen LogP contribution < -0.4 is 5.32 Å². The lowest BCUT2D eigenvalue weighted by Gasteiger charge is -2.19. The molecule has 0 saturated carbocycles. The highest BCUT2D eigenvalue weighted by molar-refractivity contribution is 5.26. The van der Waals surface area contributed by atoms with Crippen molar-refractivity contribution in [3.05, 3.63) is 35.4 Å². The largest absolute Gasteiger partial charge is 0.310 e. The zero-order chi connectivity index (χ0) is 13.9. The molecule has 1 unspecified atom stereocenters. The van der Waals surface area contributed by atoms with Crippen LogP contribution in [0.4, 0.5) is 0 Å². The van der Waals surface area contributed by atoms with Gasteiger partial charge in [-0.25, -0.2) is 0 Å². The lowest BCUT2D eigenvalue weighted by molar-refractivity contribution is 0.474. The molecule has 1 aromatic carbocycles. The molecule has 0 aliphatic carbocycles. The third-order valence-electron chi connectivity index (χ3n) is 3.63. The topological polar surface area (TPSA) is 12.0 Å². The van der Waals surface area contributed by atoms with Gasteiger partial charge in [0.25, 0.3) is 0 Å². The molecule has 0 aromatic heterocycles. The van der Waals surface area contributed by atoms with E-state index in [-0.39, 0.29) is 0 Å². The molecule has 0 radical (unpaired) electrons. The maximum atomic E-state index is 3.71. The summed E-state index contributed by atoms with van der Waals surface area (Å²) in [5, 5.41) is 3.71. The highest BCUT2D eigenvalue weighted by atomic mass is 14.9. The van der Waals surface area contributed by atoms with E-state index in [0.717, 1.165) is 6.54 Å². The van der Waals surface area contributed by atoms with Gasteiger partial charge in [0.2, 0.25) is 0 Å². The Kier molecular flexibility index (Phi) is 8.57. The van der Waals surface area contributed by atoms with Crippen LogP contribution in [0.25, 0.3) is 0 Å². The first-order valence-corrected chi connectivity index (χ1v) is 8.14. The molecule has 1 aromatic rings. The normalized spacial score (nSPS) is 12.6. The summed E-state index contributed by atoms with van der Waals surface area (Å²) in [6.45, 7) is 7.88. The molecule has 0 fully saturated rings. The maximum Gasteiger partial charge on any atom is 0.0320 e. The van der Waals surface area contributed by atoms with Gasteiger partial charge < -0.3 is 5.32 Å². The summed E-state index contributed by atoms with van der Waals surface area (Å²) in [6, 6.07) is 9.72. The highest BCUT2D eigenvalue weighted by Crippen LogP contribution is 2.21. The van der Waals surface area contributed by atoms with Gasteiger partial charge in [0.1, 0.15) is 0 Å². The minimum atomic E-state index is 0.545. The third kappa shape index (κ3) is 6.24. The van der Waals surface area contributed by atoms with E-state index in [2.05, 4.69) is 50.4 Å². The first-order valence-electron chi connectivity index (χ1n) is 8.14. The summed E-state index contributed by atoms with van der Waals surface area (Å²) in [5.41, 5.74) is 2.97. The van der Waals surface area contributed by atoms with Crippen LogP contribution in [0.3, 0.4) is 0 Å². The van der Waals surface area contributed by atoms with Crippen molar-refractivity contribution < 1.29 is 0 Å². The average molecular weight is 261 g/mol. The second kappa shape index (κ2) is 10.0. The standard InChI is InChI=1S/C18H31N/c1-4-7-8-13-18(19-14-6-3)17-12-9-11-16(15-17)10-5-2/h9,11-12,15,18-19H,4-8,10,13-14H2,1-3H3. The van der Waals surface area contributed by atoms with Crippen molar-refractivity contribution in [1.82, 2.24) is 5.32 Å². The Labute approximate surface area is 119 Å². The molecule has 0 bridgehead atoms. The molecule has 0 spiro atoms. The summed E-state index contributed by atoms with van der Waals surface area (Å²) in [6.07, 6.45) is 8.88. The summed E-state index contributed by atoms with van der Waals surface area (Å²) in [4.78, 5) is 0. The van der Waals surface area contributed by atoms with E-state index < -0.39 is 0 Å². The van der Waals surface area contributed by atoms with E-state index in [1.165, 1.54) is 56.1 Å². The Morgan fingerprint density at radius 1 is 1.00 bits per heavy atom. The Morgan fingerprint density at radius 3 is 2.53 bits per heavy atom. The molecular formula is C18H31N. The Balaban J connectivity index is 2.68. The summed E-state index contributed by atoms with van der Waals surface area (Å²) >= 11 is 0. The molecule has 0 heterocycles. The molecule has 1 rings (SSSR count). The fourth-order valence-electron chi connectivity index (χ4n) is 2.56. The van der Waals surface area contributed by atoms with E-state index >= 15 is 0 Å². The van der Waals surface area contributed by atoms with Gasteiger partial charge in [-0.1, -0.05) is 70.7 Å². The van der Waals surface area contributed by atoms with Crippen LogP contribution in [0.2, 0.25) is 0 Å². The van der Waals surface area contributed by atoms with Gasteiger partial charge in [-0.05, 0) is 36.9 Å². The number of aryl methyl sites for hydroxylation is 1. The molecule has 0 aliphatic heterocycles. The lowest BCUT2D eigenvalue weighted by atomic mass is 9.97. The Hall–Kier alpha value is -0.820. The predicted molar refractivity (Wildman–Crippen MR) is 85.6 cm³/mol. The van der Waals surface area contributed by atoms with Crippen LogP contribution in [0, 0.1) is 0 Å². The Bertz CT molecular complexity index is 332. The molecule has 1 nitrogen and oxygen atoms in total. The Morgan fingerprint density at radius 2 is 1.84 bits per heavy atom. The molecule has 0 saturated heterocycles. The van der Waals surface area contributed by atoms with Crippen LogP contribution in [-0.2, 0) is 6.42 Å². The fourth-order valence-corrected chi connectivity index (χ4v) is 2.56. The molecule has 108 valence electrons. The van der Waals surface area contributed by atoms with E-state index in [9.17, 15) is 0 Å². The summed E-state index contributed by atoms with van der Waals surface area (Å²) in [7, 11) is 0. The average Bonchev–Trinajstić information content (AvgIpc) is 2.43. The number of hydrogen-bond donors (Lipinski definition) is 1. The van der Waals surface area contributed by atoms with Crippen LogP contribution in [-0.4, -0.2) is 6.54 Å². The van der Waals surface area contributed by atoms with Crippen LogP contribution in [0.1, 0.15) is 76.5 Å². The van der Waals surface area contributed by atoms with Crippen LogP contribution in [0.5, 0.6) is 0 Å². The zero-order valence-electron chi connectivity index (χ0n) is 13.0. The third-order valence-corrected chi connectivity index (χ3v) is 3.63. The van der Waals surface area contributed by atoms with E-state index in [0.29, 0.717) is 6.04 Å².